The number of hydrogen-bond donors (Lipinski definition) is 7. The number of aliphatic hydroxyl groups is 4. The summed E-state index contributed by atoms with van der Waals surface area (Å²) in [5.74, 6) is -1.87. The Balaban J connectivity index is 1.69. The van der Waals surface area contributed by atoms with Crippen LogP contribution in [0.1, 0.15) is 0 Å². The summed E-state index contributed by atoms with van der Waals surface area (Å²) in [4.78, 5) is 12.5. The number of aliphatic hydroxyl groups excluding tert-OH is 4. The first-order valence-corrected chi connectivity index (χ1v) is 9.50. The van der Waals surface area contributed by atoms with Gasteiger partial charge in [-0.2, -0.15) is 0 Å². The molecule has 0 spiro atoms. The van der Waals surface area contributed by atoms with Crippen LogP contribution in [0.15, 0.2) is 45.6 Å². The Hall–Kier alpha value is -3.35. The summed E-state index contributed by atoms with van der Waals surface area (Å²) >= 11 is 0. The van der Waals surface area contributed by atoms with E-state index in [1.165, 1.54) is 18.2 Å². The van der Waals surface area contributed by atoms with Gasteiger partial charge in [-0.15, -0.1) is 0 Å². The van der Waals surface area contributed by atoms with Crippen molar-refractivity contribution in [3.05, 3.63) is 46.6 Å². The van der Waals surface area contributed by atoms with Crippen LogP contribution in [0, 0.1) is 0 Å². The fraction of sp³-hybridized carbons (Fsp3) is 0.286. The number of aromatic hydroxyl groups is 3. The van der Waals surface area contributed by atoms with E-state index in [9.17, 15) is 40.5 Å². The molecule has 2 heterocycles. The number of benzene rings is 2. The van der Waals surface area contributed by atoms with Crippen LogP contribution in [-0.4, -0.2) is 73.1 Å². The van der Waals surface area contributed by atoms with Crippen molar-refractivity contribution in [1.82, 2.24) is 0 Å². The Labute approximate surface area is 179 Å². The summed E-state index contributed by atoms with van der Waals surface area (Å²) in [5.41, 5.74) is -0.258. The SMILES string of the molecule is O=c1cc(-c2cc(O)c(O)c(O)c2)oc2cc(OC3OC(CO)C(O)C(O)C3O)ccc12. The first-order chi connectivity index (χ1) is 15.2. The van der Waals surface area contributed by atoms with Gasteiger partial charge in [-0.1, -0.05) is 0 Å². The third-order valence-corrected chi connectivity index (χ3v) is 5.16. The molecule has 5 unspecified atom stereocenters. The van der Waals surface area contributed by atoms with Crippen molar-refractivity contribution < 1.29 is 49.6 Å². The Morgan fingerprint density at radius 3 is 2.25 bits per heavy atom. The van der Waals surface area contributed by atoms with Gasteiger partial charge < -0.3 is 49.6 Å². The molecule has 170 valence electrons. The first kappa shape index (κ1) is 21.9. The molecule has 4 rings (SSSR count). The normalized spacial score (nSPS) is 25.7. The van der Waals surface area contributed by atoms with Crippen LogP contribution >= 0.6 is 0 Å². The predicted octanol–water partition coefficient (Wildman–Crippen LogP) is -0.245. The number of hydrogen-bond acceptors (Lipinski definition) is 11. The van der Waals surface area contributed by atoms with Crippen molar-refractivity contribution in [2.75, 3.05) is 6.61 Å². The Kier molecular flexibility index (Phi) is 5.67. The fourth-order valence-corrected chi connectivity index (χ4v) is 3.40. The van der Waals surface area contributed by atoms with E-state index in [-0.39, 0.29) is 28.0 Å². The molecule has 1 aliphatic heterocycles. The average molecular weight is 448 g/mol. The minimum atomic E-state index is -1.62. The summed E-state index contributed by atoms with van der Waals surface area (Å²) in [6, 6.07) is 7.48. The number of phenolic OH excluding ortho intramolecular Hbond substituents is 3. The van der Waals surface area contributed by atoms with Crippen LogP contribution in [-0.2, 0) is 4.74 Å². The van der Waals surface area contributed by atoms with Gasteiger partial charge in [0.15, 0.2) is 22.7 Å². The molecule has 3 aromatic rings. The standard InChI is InChI=1S/C21H20O11/c22-7-16-18(27)19(28)20(29)21(32-16)30-9-1-2-10-11(23)6-14(31-15(10)5-9)8-3-12(24)17(26)13(25)4-8/h1-6,16,18-22,24-29H,7H2. The molecular formula is C21H20O11. The van der Waals surface area contributed by atoms with Crippen LogP contribution < -0.4 is 10.2 Å². The number of ether oxygens (including phenoxy) is 2. The molecular weight excluding hydrogens is 428 g/mol. The average Bonchev–Trinajstić information content (AvgIpc) is 2.77. The van der Waals surface area contributed by atoms with E-state index in [0.29, 0.717) is 0 Å². The quantitative estimate of drug-likeness (QED) is 0.261. The van der Waals surface area contributed by atoms with E-state index in [1.807, 2.05) is 0 Å². The maximum atomic E-state index is 12.5. The molecule has 11 heteroatoms. The van der Waals surface area contributed by atoms with E-state index in [0.717, 1.165) is 18.2 Å². The molecule has 1 aliphatic rings. The van der Waals surface area contributed by atoms with Crippen LogP contribution in [0.25, 0.3) is 22.3 Å². The Morgan fingerprint density at radius 1 is 0.906 bits per heavy atom. The predicted molar refractivity (Wildman–Crippen MR) is 107 cm³/mol. The zero-order chi connectivity index (χ0) is 23.2. The summed E-state index contributed by atoms with van der Waals surface area (Å²) in [5, 5.41) is 68.3. The highest BCUT2D eigenvalue weighted by Crippen LogP contribution is 2.39. The van der Waals surface area contributed by atoms with Gasteiger partial charge >= 0.3 is 0 Å². The molecule has 5 atom stereocenters. The van der Waals surface area contributed by atoms with E-state index < -0.39 is 60.0 Å². The molecule has 11 nitrogen and oxygen atoms in total. The minimum absolute atomic E-state index is 0.0157. The summed E-state index contributed by atoms with van der Waals surface area (Å²) < 4.78 is 16.5. The highest BCUT2D eigenvalue weighted by molar-refractivity contribution is 5.80. The molecule has 0 bridgehead atoms. The Morgan fingerprint density at radius 2 is 1.59 bits per heavy atom. The zero-order valence-electron chi connectivity index (χ0n) is 16.3. The van der Waals surface area contributed by atoms with Gasteiger partial charge in [-0.25, -0.2) is 0 Å². The zero-order valence-corrected chi connectivity index (χ0v) is 16.3. The van der Waals surface area contributed by atoms with Crippen LogP contribution in [0.4, 0.5) is 0 Å². The molecule has 32 heavy (non-hydrogen) atoms. The second-order valence-electron chi connectivity index (χ2n) is 7.31. The second-order valence-corrected chi connectivity index (χ2v) is 7.31. The van der Waals surface area contributed by atoms with Crippen molar-refractivity contribution in [1.29, 1.82) is 0 Å². The fourth-order valence-electron chi connectivity index (χ4n) is 3.40. The van der Waals surface area contributed by atoms with Gasteiger partial charge in [0.05, 0.1) is 12.0 Å². The second kappa shape index (κ2) is 8.30. The maximum absolute atomic E-state index is 12.5. The third kappa shape index (κ3) is 3.83. The van der Waals surface area contributed by atoms with E-state index in [1.54, 1.807) is 0 Å². The first-order valence-electron chi connectivity index (χ1n) is 9.50. The van der Waals surface area contributed by atoms with Crippen LogP contribution in [0.5, 0.6) is 23.0 Å². The molecule has 1 fully saturated rings. The largest absolute Gasteiger partial charge is 0.504 e. The molecule has 1 saturated heterocycles. The smallest absolute Gasteiger partial charge is 0.229 e. The maximum Gasteiger partial charge on any atom is 0.229 e. The van der Waals surface area contributed by atoms with Crippen molar-refractivity contribution in [2.45, 2.75) is 30.7 Å². The number of phenols is 3. The van der Waals surface area contributed by atoms with Gasteiger partial charge in [0.2, 0.25) is 6.29 Å². The van der Waals surface area contributed by atoms with Gasteiger partial charge in [0, 0.05) is 17.7 Å². The van der Waals surface area contributed by atoms with Crippen molar-refractivity contribution in [3.8, 4) is 34.3 Å². The monoisotopic (exact) mass is 448 g/mol. The van der Waals surface area contributed by atoms with Crippen LogP contribution in [0.2, 0.25) is 0 Å². The van der Waals surface area contributed by atoms with Crippen molar-refractivity contribution >= 4 is 11.0 Å². The molecule has 0 amide bonds. The summed E-state index contributed by atoms with van der Waals surface area (Å²) in [6.07, 6.45) is -7.36. The van der Waals surface area contributed by atoms with Crippen molar-refractivity contribution in [2.24, 2.45) is 0 Å². The number of rotatable bonds is 4. The van der Waals surface area contributed by atoms with Crippen molar-refractivity contribution in [3.63, 3.8) is 0 Å². The van der Waals surface area contributed by atoms with Crippen LogP contribution in [0.3, 0.4) is 0 Å². The van der Waals surface area contributed by atoms with Gasteiger partial charge in [-0.3, -0.25) is 4.79 Å². The number of fused-ring (bicyclic) bond motifs is 1. The van der Waals surface area contributed by atoms with E-state index in [4.69, 9.17) is 13.9 Å². The van der Waals surface area contributed by atoms with E-state index in [2.05, 4.69) is 0 Å². The molecule has 0 aliphatic carbocycles. The highest BCUT2D eigenvalue weighted by Gasteiger charge is 2.44. The molecule has 1 aromatic heterocycles. The topological polar surface area (TPSA) is 190 Å². The van der Waals surface area contributed by atoms with E-state index >= 15 is 0 Å². The Bertz CT molecular complexity index is 1180. The lowest BCUT2D eigenvalue weighted by Crippen LogP contribution is -2.60. The minimum Gasteiger partial charge on any atom is -0.504 e. The molecule has 7 N–H and O–H groups in total. The summed E-state index contributed by atoms with van der Waals surface area (Å²) in [6.45, 7) is -0.618. The summed E-state index contributed by atoms with van der Waals surface area (Å²) in [7, 11) is 0. The lowest BCUT2D eigenvalue weighted by molar-refractivity contribution is -0.277. The molecule has 0 saturated carbocycles. The third-order valence-electron chi connectivity index (χ3n) is 5.16. The molecule has 2 aromatic carbocycles. The lowest BCUT2D eigenvalue weighted by atomic mass is 9.99. The van der Waals surface area contributed by atoms with Gasteiger partial charge in [-0.05, 0) is 24.3 Å². The van der Waals surface area contributed by atoms with Gasteiger partial charge in [0.1, 0.15) is 41.5 Å². The molecule has 0 radical (unpaired) electrons. The van der Waals surface area contributed by atoms with Gasteiger partial charge in [0.25, 0.3) is 0 Å². The highest BCUT2D eigenvalue weighted by atomic mass is 16.7. The lowest BCUT2D eigenvalue weighted by Gasteiger charge is -2.39.